The Morgan fingerprint density at radius 1 is 0.619 bits per heavy atom. The van der Waals surface area contributed by atoms with Gasteiger partial charge in [0, 0.05) is 5.41 Å². The van der Waals surface area contributed by atoms with Gasteiger partial charge in [0.2, 0.25) is 0 Å². The van der Waals surface area contributed by atoms with E-state index < -0.39 is 0 Å². The van der Waals surface area contributed by atoms with Crippen molar-refractivity contribution in [1.29, 1.82) is 0 Å². The van der Waals surface area contributed by atoms with E-state index >= 15 is 0 Å². The monoisotopic (exact) mass is 571 g/mol. The third kappa shape index (κ3) is 11.7. The Hall–Kier alpha value is -2.35. The highest BCUT2D eigenvalue weighted by atomic mass is 15.1. The summed E-state index contributed by atoms with van der Waals surface area (Å²) in [6.45, 7) is 8.27. The van der Waals surface area contributed by atoms with Crippen LogP contribution in [0.25, 0.3) is 0 Å². The van der Waals surface area contributed by atoms with Gasteiger partial charge in [-0.3, -0.25) is 0 Å². The Kier molecular flexibility index (Phi) is 16.7. The molecule has 1 aromatic heterocycles. The second kappa shape index (κ2) is 20.5. The molecule has 2 atom stereocenters. The molecule has 0 saturated heterocycles. The van der Waals surface area contributed by atoms with Crippen molar-refractivity contribution < 1.29 is 4.57 Å². The molecule has 0 aliphatic heterocycles. The lowest BCUT2D eigenvalue weighted by Gasteiger charge is -2.37. The maximum Gasteiger partial charge on any atom is 0.258 e. The number of aryl methyl sites for hydroxylation is 1. The second-order valence-corrected chi connectivity index (χ2v) is 13.1. The molecule has 0 saturated carbocycles. The highest BCUT2D eigenvalue weighted by Crippen LogP contribution is 2.43. The normalized spacial score (nSPS) is 13.7. The van der Waals surface area contributed by atoms with Gasteiger partial charge in [-0.15, -0.1) is 0 Å². The number of H-pyrrole nitrogens is 1. The molecule has 0 radical (unpaired) electrons. The molecule has 0 spiro atoms. The molecule has 0 aliphatic carbocycles. The predicted octanol–water partition coefficient (Wildman–Crippen LogP) is 11.6. The minimum atomic E-state index is 0.00858. The number of aromatic amines is 1. The lowest BCUT2D eigenvalue weighted by Crippen LogP contribution is -2.43. The highest BCUT2D eigenvalue weighted by molar-refractivity contribution is 5.32. The van der Waals surface area contributed by atoms with E-state index in [1.165, 1.54) is 133 Å². The summed E-state index contributed by atoms with van der Waals surface area (Å²) >= 11 is 0. The first-order chi connectivity index (χ1) is 20.7. The van der Waals surface area contributed by atoms with Crippen molar-refractivity contribution in [2.75, 3.05) is 0 Å². The average Bonchev–Trinajstić information content (AvgIpc) is 3.48. The van der Waals surface area contributed by atoms with Crippen LogP contribution in [-0.4, -0.2) is 4.98 Å². The summed E-state index contributed by atoms with van der Waals surface area (Å²) in [5.41, 5.74) is 2.90. The molecule has 2 aromatic carbocycles. The van der Waals surface area contributed by atoms with Crippen LogP contribution in [0.4, 0.5) is 0 Å². The fraction of sp³-hybridized carbons (Fsp3) is 0.625. The van der Waals surface area contributed by atoms with Crippen molar-refractivity contribution in [3.05, 3.63) is 90.0 Å². The smallest absolute Gasteiger partial charge is 0.247 e. The molecule has 3 aromatic rings. The van der Waals surface area contributed by atoms with E-state index in [1.54, 1.807) is 0 Å². The van der Waals surface area contributed by atoms with Crippen LogP contribution in [0.5, 0.6) is 0 Å². The van der Waals surface area contributed by atoms with Crippen molar-refractivity contribution in [2.45, 2.75) is 161 Å². The Bertz CT molecular complexity index is 1040. The first-order valence-electron chi connectivity index (χ1n) is 17.8. The number of hydrogen-bond donors (Lipinski definition) is 1. The molecule has 2 heteroatoms. The summed E-state index contributed by atoms with van der Waals surface area (Å²) in [5, 5.41) is 0. The Morgan fingerprint density at radius 2 is 1.12 bits per heavy atom. The summed E-state index contributed by atoms with van der Waals surface area (Å²) in [4.78, 5) is 3.78. The highest BCUT2D eigenvalue weighted by Gasteiger charge is 2.41. The van der Waals surface area contributed by atoms with E-state index in [2.05, 4.69) is 103 Å². The first-order valence-corrected chi connectivity index (χ1v) is 17.8. The van der Waals surface area contributed by atoms with Crippen molar-refractivity contribution >= 4 is 0 Å². The molecule has 3 rings (SSSR count). The van der Waals surface area contributed by atoms with Crippen molar-refractivity contribution in [3.8, 4) is 0 Å². The topological polar surface area (TPSA) is 19.7 Å². The van der Waals surface area contributed by atoms with Crippen LogP contribution in [0.1, 0.15) is 159 Å². The summed E-state index contributed by atoms with van der Waals surface area (Å²) in [6.07, 6.45) is 30.1. The molecule has 0 aliphatic rings. The lowest BCUT2D eigenvalue weighted by atomic mass is 9.66. The summed E-state index contributed by atoms with van der Waals surface area (Å²) in [6, 6.07) is 22.6. The van der Waals surface area contributed by atoms with E-state index in [1.807, 2.05) is 0 Å². The lowest BCUT2D eigenvalue weighted by molar-refractivity contribution is -0.705. The van der Waals surface area contributed by atoms with E-state index in [9.17, 15) is 0 Å². The van der Waals surface area contributed by atoms with Gasteiger partial charge in [-0.2, -0.15) is 0 Å². The maximum absolute atomic E-state index is 3.78. The zero-order valence-electron chi connectivity index (χ0n) is 27.6. The quantitative estimate of drug-likeness (QED) is 0.0815. The standard InChI is InChI=1S/C40H62N2/c1-4-6-8-10-12-13-14-15-17-25-31-38(39-41-32-34-42(39)33-26-18-16-11-9-7-5-2)40(3,37-29-23-20-24-30-37)35-36-27-21-19-22-28-36/h19-24,27-30,32,34,38H,4-18,25-26,31,33,35H2,1-3H3/p+1. The Morgan fingerprint density at radius 3 is 1.69 bits per heavy atom. The van der Waals surface area contributed by atoms with Crippen LogP contribution in [0.15, 0.2) is 73.1 Å². The summed E-state index contributed by atoms with van der Waals surface area (Å²) in [5.74, 6) is 1.87. The third-order valence-corrected chi connectivity index (χ3v) is 9.59. The van der Waals surface area contributed by atoms with Crippen LogP contribution < -0.4 is 4.57 Å². The van der Waals surface area contributed by atoms with Crippen LogP contribution in [0.2, 0.25) is 0 Å². The first kappa shape index (κ1) is 34.1. The molecule has 2 nitrogen and oxygen atoms in total. The number of unbranched alkanes of at least 4 members (excludes halogenated alkanes) is 15. The summed E-state index contributed by atoms with van der Waals surface area (Å²) < 4.78 is 2.57. The fourth-order valence-corrected chi connectivity index (χ4v) is 6.97. The molecule has 2 unspecified atom stereocenters. The van der Waals surface area contributed by atoms with Crippen LogP contribution in [-0.2, 0) is 18.4 Å². The molecule has 1 N–H and O–H groups in total. The van der Waals surface area contributed by atoms with Gasteiger partial charge in [0.1, 0.15) is 12.4 Å². The zero-order chi connectivity index (χ0) is 29.7. The van der Waals surface area contributed by atoms with Gasteiger partial charge in [0.05, 0.1) is 12.5 Å². The number of aromatic nitrogens is 2. The number of nitrogens with one attached hydrogen (secondary N) is 1. The van der Waals surface area contributed by atoms with Gasteiger partial charge in [-0.25, -0.2) is 9.55 Å². The summed E-state index contributed by atoms with van der Waals surface area (Å²) in [7, 11) is 0. The zero-order valence-corrected chi connectivity index (χ0v) is 27.6. The van der Waals surface area contributed by atoms with Gasteiger partial charge >= 0.3 is 0 Å². The van der Waals surface area contributed by atoms with Crippen molar-refractivity contribution in [2.24, 2.45) is 0 Å². The number of nitrogens with zero attached hydrogens (tertiary/aromatic N) is 1. The molecule has 1 heterocycles. The van der Waals surface area contributed by atoms with Crippen molar-refractivity contribution in [3.63, 3.8) is 0 Å². The van der Waals surface area contributed by atoms with Gasteiger partial charge in [-0.05, 0) is 36.8 Å². The molecule has 0 amide bonds. The number of imidazole rings is 1. The molecule has 0 fully saturated rings. The molecule has 0 bridgehead atoms. The van der Waals surface area contributed by atoms with Crippen molar-refractivity contribution in [1.82, 2.24) is 4.98 Å². The fourth-order valence-electron chi connectivity index (χ4n) is 6.97. The number of rotatable bonds is 24. The number of benzene rings is 2. The van der Waals surface area contributed by atoms with E-state index in [0.29, 0.717) is 5.92 Å². The Labute approximate surface area is 259 Å². The van der Waals surface area contributed by atoms with Gasteiger partial charge in [-0.1, -0.05) is 178 Å². The minimum Gasteiger partial charge on any atom is -0.247 e. The van der Waals surface area contributed by atoms with Crippen LogP contribution >= 0.6 is 0 Å². The van der Waals surface area contributed by atoms with Crippen LogP contribution in [0, 0.1) is 0 Å². The molecular weight excluding hydrogens is 508 g/mol. The van der Waals surface area contributed by atoms with Gasteiger partial charge in [0.25, 0.3) is 5.82 Å². The maximum atomic E-state index is 3.78. The predicted molar refractivity (Wildman–Crippen MR) is 182 cm³/mol. The van der Waals surface area contributed by atoms with Gasteiger partial charge < -0.3 is 0 Å². The second-order valence-electron chi connectivity index (χ2n) is 13.1. The largest absolute Gasteiger partial charge is 0.258 e. The van der Waals surface area contributed by atoms with E-state index in [4.69, 9.17) is 0 Å². The average molecular weight is 572 g/mol. The SMILES string of the molecule is CCCCCCCCCCCCC(c1[nH]cc[n+]1CCCCCCCCC)C(C)(Cc1ccccc1)c1ccccc1. The van der Waals surface area contributed by atoms with Gasteiger partial charge in [0.15, 0.2) is 0 Å². The Balaban J connectivity index is 1.72. The van der Waals surface area contributed by atoms with E-state index in [0.717, 1.165) is 13.0 Å². The number of hydrogen-bond acceptors (Lipinski definition) is 0. The molecule has 232 valence electrons. The van der Waals surface area contributed by atoms with Crippen LogP contribution in [0.3, 0.4) is 0 Å². The minimum absolute atomic E-state index is 0.00858. The third-order valence-electron chi connectivity index (χ3n) is 9.59. The van der Waals surface area contributed by atoms with E-state index in [-0.39, 0.29) is 5.41 Å². The molecule has 42 heavy (non-hydrogen) atoms. The molecular formula is C40H63N2+.